The highest BCUT2D eigenvalue weighted by molar-refractivity contribution is 9.10. The Labute approximate surface area is 169 Å². The van der Waals surface area contributed by atoms with Crippen molar-refractivity contribution in [2.45, 2.75) is 0 Å². The van der Waals surface area contributed by atoms with E-state index in [4.69, 9.17) is 4.42 Å². The van der Waals surface area contributed by atoms with E-state index in [9.17, 15) is 4.79 Å². The Kier molecular flexibility index (Phi) is 4.04. The van der Waals surface area contributed by atoms with E-state index in [1.165, 1.54) is 15.9 Å². The molecule has 4 heterocycles. The number of hydrogen-bond acceptors (Lipinski definition) is 6. The quantitative estimate of drug-likeness (QED) is 0.403. The predicted octanol–water partition coefficient (Wildman–Crippen LogP) is 4.45. The van der Waals surface area contributed by atoms with Crippen molar-refractivity contribution >= 4 is 49.6 Å². The molecule has 0 aliphatic carbocycles. The van der Waals surface area contributed by atoms with Gasteiger partial charge >= 0.3 is 0 Å². The lowest BCUT2D eigenvalue weighted by Gasteiger charge is -1.96. The van der Waals surface area contributed by atoms with Crippen molar-refractivity contribution in [3.05, 3.63) is 79.0 Å². The number of aromatic nitrogens is 3. The smallest absolute Gasteiger partial charge is 0.291 e. The number of fused-ring (bicyclic) bond motifs is 1. The first-order valence-electron chi connectivity index (χ1n) is 7.98. The van der Waals surface area contributed by atoms with Crippen LogP contribution in [-0.4, -0.2) is 14.6 Å². The summed E-state index contributed by atoms with van der Waals surface area (Å²) < 4.78 is 8.78. The van der Waals surface area contributed by atoms with Gasteiger partial charge in [-0.05, 0) is 35.7 Å². The minimum atomic E-state index is -0.188. The molecule has 27 heavy (non-hydrogen) atoms. The van der Waals surface area contributed by atoms with Crippen molar-refractivity contribution in [2.24, 2.45) is 0 Å². The fourth-order valence-corrected chi connectivity index (χ4v) is 4.48. The van der Waals surface area contributed by atoms with Crippen LogP contribution < -0.4 is 10.1 Å². The SMILES string of the molecule is O=c1/c(=C/c2ccc(-c3ccc(Br)cc3)o2)sc2nc(-c3cccs3)nn12. The number of benzene rings is 1. The molecular weight excluding hydrogens is 446 g/mol. The average Bonchev–Trinajstić information content (AvgIpc) is 3.43. The maximum Gasteiger partial charge on any atom is 0.291 e. The van der Waals surface area contributed by atoms with Gasteiger partial charge in [0.2, 0.25) is 4.96 Å². The van der Waals surface area contributed by atoms with Crippen LogP contribution in [0.1, 0.15) is 5.76 Å². The van der Waals surface area contributed by atoms with Crippen LogP contribution >= 0.6 is 38.6 Å². The Morgan fingerprint density at radius 1 is 1.11 bits per heavy atom. The Morgan fingerprint density at radius 3 is 2.70 bits per heavy atom. The maximum atomic E-state index is 12.6. The summed E-state index contributed by atoms with van der Waals surface area (Å²) >= 11 is 6.27. The van der Waals surface area contributed by atoms with Crippen LogP contribution in [-0.2, 0) is 0 Å². The molecule has 0 amide bonds. The Balaban J connectivity index is 1.53. The van der Waals surface area contributed by atoms with Crippen LogP contribution in [0, 0.1) is 0 Å². The lowest BCUT2D eigenvalue weighted by molar-refractivity contribution is 0.571. The van der Waals surface area contributed by atoms with E-state index in [0.717, 1.165) is 20.7 Å². The molecule has 0 saturated carbocycles. The van der Waals surface area contributed by atoms with Crippen molar-refractivity contribution < 1.29 is 4.42 Å². The molecule has 0 bridgehead atoms. The van der Waals surface area contributed by atoms with Gasteiger partial charge in [-0.1, -0.05) is 45.5 Å². The highest BCUT2D eigenvalue weighted by atomic mass is 79.9. The second-order valence-electron chi connectivity index (χ2n) is 5.73. The van der Waals surface area contributed by atoms with E-state index in [-0.39, 0.29) is 5.56 Å². The van der Waals surface area contributed by atoms with Gasteiger partial charge in [0, 0.05) is 16.1 Å². The molecule has 0 N–H and O–H groups in total. The van der Waals surface area contributed by atoms with E-state index in [0.29, 0.717) is 21.1 Å². The zero-order valence-corrected chi connectivity index (χ0v) is 16.8. The van der Waals surface area contributed by atoms with Gasteiger partial charge in [0.15, 0.2) is 5.82 Å². The van der Waals surface area contributed by atoms with Crippen molar-refractivity contribution in [1.82, 2.24) is 14.6 Å². The minimum absolute atomic E-state index is 0.188. The van der Waals surface area contributed by atoms with E-state index in [2.05, 4.69) is 26.0 Å². The van der Waals surface area contributed by atoms with Crippen LogP contribution in [0.25, 0.3) is 33.1 Å². The monoisotopic (exact) mass is 455 g/mol. The molecule has 0 spiro atoms. The molecule has 5 aromatic rings. The molecule has 0 atom stereocenters. The van der Waals surface area contributed by atoms with Crippen molar-refractivity contribution in [3.63, 3.8) is 0 Å². The fourth-order valence-electron chi connectivity index (χ4n) is 2.67. The highest BCUT2D eigenvalue weighted by Crippen LogP contribution is 2.24. The fraction of sp³-hybridized carbons (Fsp3) is 0. The topological polar surface area (TPSA) is 60.4 Å². The van der Waals surface area contributed by atoms with E-state index in [1.54, 1.807) is 17.4 Å². The molecule has 4 aromatic heterocycles. The molecule has 0 fully saturated rings. The van der Waals surface area contributed by atoms with Crippen molar-refractivity contribution in [2.75, 3.05) is 0 Å². The summed E-state index contributed by atoms with van der Waals surface area (Å²) in [5, 5.41) is 6.30. The summed E-state index contributed by atoms with van der Waals surface area (Å²) in [7, 11) is 0. The van der Waals surface area contributed by atoms with Crippen LogP contribution in [0.15, 0.2) is 67.6 Å². The summed E-state index contributed by atoms with van der Waals surface area (Å²) in [5.74, 6) is 1.95. The molecule has 0 radical (unpaired) electrons. The largest absolute Gasteiger partial charge is 0.457 e. The highest BCUT2D eigenvalue weighted by Gasteiger charge is 2.13. The third-order valence-corrected chi connectivity index (χ3v) is 6.31. The predicted molar refractivity (Wildman–Crippen MR) is 111 cm³/mol. The molecule has 8 heteroatoms. The number of thiophene rings is 1. The first-order valence-corrected chi connectivity index (χ1v) is 10.5. The van der Waals surface area contributed by atoms with Gasteiger partial charge in [-0.3, -0.25) is 4.79 Å². The first kappa shape index (κ1) is 16.6. The summed E-state index contributed by atoms with van der Waals surface area (Å²) in [6.07, 6.45) is 1.73. The van der Waals surface area contributed by atoms with Gasteiger partial charge in [0.05, 0.1) is 4.88 Å². The van der Waals surface area contributed by atoms with Gasteiger partial charge < -0.3 is 4.42 Å². The van der Waals surface area contributed by atoms with Crippen molar-refractivity contribution in [3.8, 4) is 22.0 Å². The standard InChI is InChI=1S/C19H10BrN3O2S2/c20-12-5-3-11(4-6-12)14-8-7-13(25-14)10-16-18(24)23-19(27-16)21-17(22-23)15-2-1-9-26-15/h1-10H/b16-10-. The van der Waals surface area contributed by atoms with Gasteiger partial charge in [-0.15, -0.1) is 16.4 Å². The first-order chi connectivity index (χ1) is 13.2. The van der Waals surface area contributed by atoms with E-state index < -0.39 is 0 Å². The number of thiazole rings is 1. The Morgan fingerprint density at radius 2 is 1.96 bits per heavy atom. The van der Waals surface area contributed by atoms with Gasteiger partial charge in [-0.2, -0.15) is 9.50 Å². The van der Waals surface area contributed by atoms with E-state index in [1.807, 2.05) is 53.9 Å². The number of furan rings is 1. The molecule has 0 unspecified atom stereocenters. The van der Waals surface area contributed by atoms with Gasteiger partial charge in [0.25, 0.3) is 5.56 Å². The number of nitrogens with zero attached hydrogens (tertiary/aromatic N) is 3. The molecule has 0 saturated heterocycles. The molecule has 0 aliphatic heterocycles. The molecular formula is C19H10BrN3O2S2. The lowest BCUT2D eigenvalue weighted by atomic mass is 10.2. The molecule has 0 aliphatic rings. The Bertz CT molecular complexity index is 1350. The average molecular weight is 456 g/mol. The lowest BCUT2D eigenvalue weighted by Crippen LogP contribution is -2.23. The minimum Gasteiger partial charge on any atom is -0.457 e. The molecule has 5 rings (SSSR count). The number of hydrogen-bond donors (Lipinski definition) is 0. The Hall–Kier alpha value is -2.55. The van der Waals surface area contributed by atoms with Crippen molar-refractivity contribution in [1.29, 1.82) is 0 Å². The summed E-state index contributed by atoms with van der Waals surface area (Å²) in [6.45, 7) is 0. The van der Waals surface area contributed by atoms with E-state index >= 15 is 0 Å². The zero-order valence-electron chi connectivity index (χ0n) is 13.6. The molecule has 5 nitrogen and oxygen atoms in total. The summed E-state index contributed by atoms with van der Waals surface area (Å²) in [4.78, 5) is 18.6. The molecule has 132 valence electrons. The zero-order chi connectivity index (χ0) is 18.4. The van der Waals surface area contributed by atoms with Crippen LogP contribution in [0.5, 0.6) is 0 Å². The van der Waals surface area contributed by atoms with Crippen LogP contribution in [0.3, 0.4) is 0 Å². The summed E-state index contributed by atoms with van der Waals surface area (Å²) in [5.41, 5.74) is 0.787. The summed E-state index contributed by atoms with van der Waals surface area (Å²) in [6, 6.07) is 15.5. The number of rotatable bonds is 3. The van der Waals surface area contributed by atoms with Crippen LogP contribution in [0.2, 0.25) is 0 Å². The normalized spacial score (nSPS) is 12.3. The maximum absolute atomic E-state index is 12.6. The molecule has 1 aromatic carbocycles. The van der Waals surface area contributed by atoms with Crippen LogP contribution in [0.4, 0.5) is 0 Å². The third kappa shape index (κ3) is 3.05. The second-order valence-corrected chi connectivity index (χ2v) is 8.60. The third-order valence-electron chi connectivity index (χ3n) is 3.95. The second kappa shape index (κ2) is 6.56. The van der Waals surface area contributed by atoms with Gasteiger partial charge in [-0.25, -0.2) is 0 Å². The van der Waals surface area contributed by atoms with Gasteiger partial charge in [0.1, 0.15) is 16.1 Å². The number of halogens is 1.